The van der Waals surface area contributed by atoms with E-state index in [2.05, 4.69) is 20.8 Å². The first-order chi connectivity index (χ1) is 20.6. The van der Waals surface area contributed by atoms with Crippen LogP contribution in [-0.2, 0) is 19.1 Å². The number of rotatable bonds is 34. The second kappa shape index (κ2) is 34.4. The third kappa shape index (κ3) is 31.9. The maximum absolute atomic E-state index is 12.5. The van der Waals surface area contributed by atoms with Crippen LogP contribution in [0.2, 0.25) is 0 Å². The molecule has 0 atom stereocenters. The lowest BCUT2D eigenvalue weighted by molar-refractivity contribution is -0.189. The zero-order valence-electron chi connectivity index (χ0n) is 28.8. The summed E-state index contributed by atoms with van der Waals surface area (Å²) in [6.07, 6.45) is 36.9. The molecule has 0 aromatic carbocycles. The predicted octanol–water partition coefficient (Wildman–Crippen LogP) is 12.9. The second-order valence-electron chi connectivity index (χ2n) is 12.9. The largest absolute Gasteiger partial charge is 0.425 e. The van der Waals surface area contributed by atoms with Crippen molar-refractivity contribution in [1.29, 1.82) is 0 Å². The van der Waals surface area contributed by atoms with Gasteiger partial charge in [0.15, 0.2) is 0 Å². The number of hydrogen-bond donors (Lipinski definition) is 0. The van der Waals surface area contributed by atoms with Gasteiger partial charge in [-0.05, 0) is 19.3 Å². The van der Waals surface area contributed by atoms with Gasteiger partial charge in [0.1, 0.15) is 0 Å². The topological polar surface area (TPSA) is 52.6 Å². The molecule has 4 nitrogen and oxygen atoms in total. The number of ether oxygens (including phenoxy) is 2. The Bertz CT molecular complexity index is 521. The molecule has 0 aromatic heterocycles. The molecule has 42 heavy (non-hydrogen) atoms. The van der Waals surface area contributed by atoms with Crippen LogP contribution < -0.4 is 0 Å². The van der Waals surface area contributed by atoms with Gasteiger partial charge in [0, 0.05) is 19.3 Å². The molecular weight excluding hydrogens is 520 g/mol. The van der Waals surface area contributed by atoms with Crippen molar-refractivity contribution in [3.8, 4) is 0 Å². The lowest BCUT2D eigenvalue weighted by Gasteiger charge is -2.18. The van der Waals surface area contributed by atoms with Crippen LogP contribution >= 0.6 is 0 Å². The third-order valence-electron chi connectivity index (χ3n) is 8.54. The molecule has 0 aliphatic carbocycles. The van der Waals surface area contributed by atoms with Crippen molar-refractivity contribution in [3.63, 3.8) is 0 Å². The van der Waals surface area contributed by atoms with E-state index in [1.54, 1.807) is 0 Å². The maximum Gasteiger partial charge on any atom is 0.308 e. The van der Waals surface area contributed by atoms with Crippen molar-refractivity contribution < 1.29 is 19.1 Å². The zero-order valence-corrected chi connectivity index (χ0v) is 28.8. The lowest BCUT2D eigenvalue weighted by atomic mass is 10.1. The number of carbonyl (C=O) groups excluding carboxylic acids is 2. The quantitative estimate of drug-likeness (QED) is 0.0422. The molecule has 0 aliphatic rings. The summed E-state index contributed by atoms with van der Waals surface area (Å²) in [5.41, 5.74) is 0. The van der Waals surface area contributed by atoms with E-state index in [0.717, 1.165) is 38.5 Å². The van der Waals surface area contributed by atoms with E-state index in [1.165, 1.54) is 148 Å². The number of hydrogen-bond acceptors (Lipinski definition) is 4. The van der Waals surface area contributed by atoms with Gasteiger partial charge < -0.3 is 9.47 Å². The predicted molar refractivity (Wildman–Crippen MR) is 181 cm³/mol. The molecule has 0 rings (SSSR count). The molecule has 0 amide bonds. The van der Waals surface area contributed by atoms with E-state index in [-0.39, 0.29) is 11.9 Å². The highest BCUT2D eigenvalue weighted by Gasteiger charge is 2.18. The van der Waals surface area contributed by atoms with Crippen molar-refractivity contribution in [2.75, 3.05) is 0 Å². The third-order valence-corrected chi connectivity index (χ3v) is 8.54. The maximum atomic E-state index is 12.5. The standard InChI is InChI=1S/C38H74O4/c1-4-7-10-13-16-18-20-22-25-27-30-33-36(39)41-38(35-32-29-24-15-12-9-6-3)42-37(40)34-31-28-26-23-21-19-17-14-11-8-5-2/h38H,4-35H2,1-3H3. The zero-order chi connectivity index (χ0) is 30.8. The molecule has 0 unspecified atom stereocenters. The summed E-state index contributed by atoms with van der Waals surface area (Å²) in [6, 6.07) is 0. The summed E-state index contributed by atoms with van der Waals surface area (Å²) in [5, 5.41) is 0. The van der Waals surface area contributed by atoms with Gasteiger partial charge in [-0.3, -0.25) is 9.59 Å². The molecule has 0 saturated heterocycles. The van der Waals surface area contributed by atoms with E-state index >= 15 is 0 Å². The molecule has 250 valence electrons. The Balaban J connectivity index is 4.12. The van der Waals surface area contributed by atoms with Crippen LogP contribution in [0.1, 0.15) is 226 Å². The van der Waals surface area contributed by atoms with Gasteiger partial charge in [-0.2, -0.15) is 0 Å². The highest BCUT2D eigenvalue weighted by molar-refractivity contribution is 5.71. The fourth-order valence-corrected chi connectivity index (χ4v) is 5.69. The normalized spacial score (nSPS) is 11.3. The molecule has 0 aromatic rings. The SMILES string of the molecule is CCCCCCCCCCCCCC(=O)OC(CCCCCCCCC)OC(=O)CCCCCCCCCCCCC. The van der Waals surface area contributed by atoms with E-state index in [4.69, 9.17) is 9.47 Å². The van der Waals surface area contributed by atoms with Crippen LogP contribution in [0.5, 0.6) is 0 Å². The molecule has 0 heterocycles. The molecule has 0 bridgehead atoms. The van der Waals surface area contributed by atoms with Crippen molar-refractivity contribution in [3.05, 3.63) is 0 Å². The van der Waals surface area contributed by atoms with Crippen LogP contribution in [0.25, 0.3) is 0 Å². The van der Waals surface area contributed by atoms with Crippen LogP contribution in [0.15, 0.2) is 0 Å². The van der Waals surface area contributed by atoms with Crippen molar-refractivity contribution in [2.24, 2.45) is 0 Å². The van der Waals surface area contributed by atoms with Crippen molar-refractivity contribution in [1.82, 2.24) is 0 Å². The highest BCUT2D eigenvalue weighted by atomic mass is 16.7. The summed E-state index contributed by atoms with van der Waals surface area (Å²) in [7, 11) is 0. The van der Waals surface area contributed by atoms with Gasteiger partial charge in [-0.1, -0.05) is 188 Å². The molecule has 0 N–H and O–H groups in total. The Morgan fingerprint density at radius 1 is 0.357 bits per heavy atom. The summed E-state index contributed by atoms with van der Waals surface area (Å²) in [5.74, 6) is -0.414. The molecule has 4 heteroatoms. The Hall–Kier alpha value is -1.06. The van der Waals surface area contributed by atoms with Crippen LogP contribution in [-0.4, -0.2) is 18.2 Å². The highest BCUT2D eigenvalue weighted by Crippen LogP contribution is 2.17. The Labute approximate surface area is 263 Å². The molecular formula is C38H74O4. The number of esters is 2. The Morgan fingerprint density at radius 3 is 0.881 bits per heavy atom. The minimum atomic E-state index is -0.707. The number of carbonyl (C=O) groups is 2. The second-order valence-corrected chi connectivity index (χ2v) is 12.9. The van der Waals surface area contributed by atoms with Gasteiger partial charge in [0.2, 0.25) is 6.29 Å². The van der Waals surface area contributed by atoms with Gasteiger partial charge in [0.05, 0.1) is 0 Å². The van der Waals surface area contributed by atoms with Gasteiger partial charge in [-0.15, -0.1) is 0 Å². The van der Waals surface area contributed by atoms with Crippen LogP contribution in [0, 0.1) is 0 Å². The van der Waals surface area contributed by atoms with E-state index in [0.29, 0.717) is 19.3 Å². The Morgan fingerprint density at radius 2 is 0.595 bits per heavy atom. The fraction of sp³-hybridized carbons (Fsp3) is 0.947. The summed E-state index contributed by atoms with van der Waals surface area (Å²) < 4.78 is 11.4. The van der Waals surface area contributed by atoms with Gasteiger partial charge in [-0.25, -0.2) is 0 Å². The van der Waals surface area contributed by atoms with E-state index in [9.17, 15) is 9.59 Å². The van der Waals surface area contributed by atoms with E-state index in [1.807, 2.05) is 0 Å². The fourth-order valence-electron chi connectivity index (χ4n) is 5.69. The molecule has 0 aliphatic heterocycles. The monoisotopic (exact) mass is 595 g/mol. The first kappa shape index (κ1) is 40.9. The summed E-state index contributed by atoms with van der Waals surface area (Å²) in [4.78, 5) is 25.1. The first-order valence-corrected chi connectivity index (χ1v) is 19.0. The van der Waals surface area contributed by atoms with E-state index < -0.39 is 6.29 Å². The van der Waals surface area contributed by atoms with Gasteiger partial charge >= 0.3 is 11.9 Å². The van der Waals surface area contributed by atoms with Crippen LogP contribution in [0.3, 0.4) is 0 Å². The average molecular weight is 595 g/mol. The lowest BCUT2D eigenvalue weighted by Crippen LogP contribution is -2.24. The average Bonchev–Trinajstić information content (AvgIpc) is 2.98. The van der Waals surface area contributed by atoms with Crippen LogP contribution in [0.4, 0.5) is 0 Å². The van der Waals surface area contributed by atoms with Crippen molar-refractivity contribution >= 4 is 11.9 Å². The summed E-state index contributed by atoms with van der Waals surface area (Å²) >= 11 is 0. The summed E-state index contributed by atoms with van der Waals surface area (Å²) in [6.45, 7) is 6.76. The smallest absolute Gasteiger partial charge is 0.308 e. The first-order valence-electron chi connectivity index (χ1n) is 19.0. The van der Waals surface area contributed by atoms with Gasteiger partial charge in [0.25, 0.3) is 0 Å². The molecule has 0 spiro atoms. The number of unbranched alkanes of at least 4 members (excludes halogenated alkanes) is 26. The minimum Gasteiger partial charge on any atom is -0.425 e. The molecule has 0 saturated carbocycles. The molecule has 0 radical (unpaired) electrons. The minimum absolute atomic E-state index is 0.207. The Kier molecular flexibility index (Phi) is 33.6. The molecule has 0 fully saturated rings. The van der Waals surface area contributed by atoms with Crippen molar-refractivity contribution in [2.45, 2.75) is 233 Å².